The molecule has 0 fully saturated rings. The summed E-state index contributed by atoms with van der Waals surface area (Å²) >= 11 is 12.6. The van der Waals surface area contributed by atoms with Crippen LogP contribution in [0, 0.1) is 0 Å². The Balaban J connectivity index is 1.94. The summed E-state index contributed by atoms with van der Waals surface area (Å²) < 4.78 is 9.30. The molecule has 0 saturated carbocycles. The molecule has 1 aliphatic rings. The number of hydrogen-bond donors (Lipinski definition) is 2. The van der Waals surface area contributed by atoms with Crippen molar-refractivity contribution >= 4 is 41.2 Å². The lowest BCUT2D eigenvalue weighted by Crippen LogP contribution is -2.52. The van der Waals surface area contributed by atoms with Crippen molar-refractivity contribution in [3.05, 3.63) is 51.5 Å². The van der Waals surface area contributed by atoms with Crippen LogP contribution in [-0.2, 0) is 25.5 Å². The van der Waals surface area contributed by atoms with E-state index in [1.54, 1.807) is 24.5 Å². The first kappa shape index (κ1) is 21.9. The number of fused-ring (bicyclic) bond motifs is 1. The van der Waals surface area contributed by atoms with Crippen LogP contribution < -0.4 is 5.32 Å². The molecule has 2 amide bonds. The topological polar surface area (TPSA) is 114 Å². The maximum atomic E-state index is 13.2. The van der Waals surface area contributed by atoms with Gasteiger partial charge in [0.15, 0.2) is 0 Å². The van der Waals surface area contributed by atoms with Crippen LogP contribution in [0.2, 0.25) is 10.0 Å². The number of halogens is 2. The second-order valence-electron chi connectivity index (χ2n) is 6.56. The predicted molar refractivity (Wildman–Crippen MR) is 108 cm³/mol. The molecule has 0 radical (unpaired) electrons. The number of nitrogens with one attached hydrogen (secondary N) is 2. The van der Waals surface area contributed by atoms with Crippen molar-refractivity contribution in [3.8, 4) is 0 Å². The number of aromatic nitrogens is 2. The molecule has 160 valence electrons. The van der Waals surface area contributed by atoms with Gasteiger partial charge in [-0.3, -0.25) is 4.79 Å². The molecule has 2 atom stereocenters. The minimum atomic E-state index is -1.20. The highest BCUT2D eigenvalue weighted by molar-refractivity contribution is 6.42. The third-order valence-electron chi connectivity index (χ3n) is 4.84. The fraction of sp³-hybridized carbons (Fsp3) is 0.368. The maximum absolute atomic E-state index is 13.2. The molecule has 2 heterocycles. The molecule has 2 aromatic rings. The number of aromatic amines is 1. The summed E-state index contributed by atoms with van der Waals surface area (Å²) in [5.74, 6) is -1.42. The van der Waals surface area contributed by atoms with E-state index >= 15 is 0 Å². The number of amides is 2. The number of H-pyrrole nitrogens is 1. The second-order valence-corrected chi connectivity index (χ2v) is 7.35. The van der Waals surface area contributed by atoms with E-state index in [-0.39, 0.29) is 6.42 Å². The smallest absolute Gasteiger partial charge is 0.329 e. The monoisotopic (exact) mass is 454 g/mol. The summed E-state index contributed by atoms with van der Waals surface area (Å²) in [5, 5.41) is 3.20. The Hall–Kier alpha value is -2.78. The van der Waals surface area contributed by atoms with Crippen LogP contribution in [0.5, 0.6) is 0 Å². The van der Waals surface area contributed by atoms with E-state index in [1.165, 1.54) is 19.1 Å². The Bertz CT molecular complexity index is 964. The van der Waals surface area contributed by atoms with Gasteiger partial charge in [-0.25, -0.2) is 14.6 Å². The molecule has 0 bridgehead atoms. The molecule has 0 saturated heterocycles. The van der Waals surface area contributed by atoms with Gasteiger partial charge >= 0.3 is 18.0 Å². The largest absolute Gasteiger partial charge is 0.469 e. The van der Waals surface area contributed by atoms with Gasteiger partial charge in [0.1, 0.15) is 12.1 Å². The summed E-state index contributed by atoms with van der Waals surface area (Å²) in [6, 6.07) is 2.72. The zero-order chi connectivity index (χ0) is 21.8. The minimum Gasteiger partial charge on any atom is -0.469 e. The molecule has 0 aliphatic carbocycles. The summed E-state index contributed by atoms with van der Waals surface area (Å²) in [6.07, 6.45) is 1.71. The summed E-state index contributed by atoms with van der Waals surface area (Å²) in [4.78, 5) is 45.8. The van der Waals surface area contributed by atoms with E-state index in [1.807, 2.05) is 0 Å². The van der Waals surface area contributed by atoms with E-state index in [0.29, 0.717) is 34.3 Å². The van der Waals surface area contributed by atoms with Gasteiger partial charge in [0.25, 0.3) is 0 Å². The summed E-state index contributed by atoms with van der Waals surface area (Å²) in [7, 11) is 2.36. The highest BCUT2D eigenvalue weighted by atomic mass is 35.5. The first-order valence-electron chi connectivity index (χ1n) is 9.05. The predicted octanol–water partition coefficient (Wildman–Crippen LogP) is 2.48. The number of urea groups is 1. The third kappa shape index (κ3) is 4.36. The number of nitrogens with zero attached hydrogens (tertiary/aromatic N) is 2. The van der Waals surface area contributed by atoms with E-state index in [4.69, 9.17) is 27.9 Å². The van der Waals surface area contributed by atoms with Crippen molar-refractivity contribution in [1.29, 1.82) is 0 Å². The fourth-order valence-electron chi connectivity index (χ4n) is 3.36. The van der Waals surface area contributed by atoms with E-state index in [9.17, 15) is 14.4 Å². The van der Waals surface area contributed by atoms with Crippen molar-refractivity contribution in [3.63, 3.8) is 0 Å². The van der Waals surface area contributed by atoms with E-state index in [0.717, 1.165) is 5.69 Å². The van der Waals surface area contributed by atoms with Crippen molar-refractivity contribution in [1.82, 2.24) is 20.2 Å². The second kappa shape index (κ2) is 9.36. The molecule has 11 heteroatoms. The minimum absolute atomic E-state index is 0.303. The van der Waals surface area contributed by atoms with Crippen LogP contribution >= 0.6 is 23.2 Å². The fourth-order valence-corrected chi connectivity index (χ4v) is 3.77. The zero-order valence-corrected chi connectivity index (χ0v) is 17.8. The molecule has 1 aliphatic heterocycles. The normalized spacial score (nSPS) is 16.4. The van der Waals surface area contributed by atoms with Gasteiger partial charge in [-0.1, -0.05) is 35.3 Å². The lowest BCUT2D eigenvalue weighted by molar-refractivity contribution is -0.149. The number of carbonyl (C=O) groups is 3. The Kier molecular flexibility index (Phi) is 6.84. The molecule has 3 rings (SSSR count). The van der Waals surface area contributed by atoms with Gasteiger partial charge in [-0.2, -0.15) is 0 Å². The first-order valence-corrected chi connectivity index (χ1v) is 9.80. The third-order valence-corrected chi connectivity index (χ3v) is 5.68. The Morgan fingerprint density at radius 1 is 1.30 bits per heavy atom. The molecule has 1 aromatic heterocycles. The van der Waals surface area contributed by atoms with Gasteiger partial charge in [0.05, 0.1) is 42.7 Å². The first-order chi connectivity index (χ1) is 14.4. The van der Waals surface area contributed by atoms with Gasteiger partial charge in [-0.15, -0.1) is 0 Å². The van der Waals surface area contributed by atoms with Crippen molar-refractivity contribution < 1.29 is 23.9 Å². The molecule has 2 N–H and O–H groups in total. The highest BCUT2D eigenvalue weighted by Gasteiger charge is 2.37. The molecule has 0 spiro atoms. The lowest BCUT2D eigenvalue weighted by atomic mass is 9.96. The molecule has 30 heavy (non-hydrogen) atoms. The Morgan fingerprint density at radius 2 is 2.07 bits per heavy atom. The van der Waals surface area contributed by atoms with Crippen LogP contribution in [-0.4, -0.2) is 59.6 Å². The van der Waals surface area contributed by atoms with Gasteiger partial charge in [-0.05, 0) is 6.07 Å². The lowest BCUT2D eigenvalue weighted by Gasteiger charge is -2.36. The van der Waals surface area contributed by atoms with Gasteiger partial charge < -0.3 is 24.7 Å². The zero-order valence-electron chi connectivity index (χ0n) is 16.3. The number of imidazole rings is 1. The highest BCUT2D eigenvalue weighted by Crippen LogP contribution is 2.39. The van der Waals surface area contributed by atoms with Crippen molar-refractivity contribution in [2.24, 2.45) is 0 Å². The number of rotatable bonds is 5. The molecule has 0 unspecified atom stereocenters. The standard InChI is InChI=1S/C19H20Cl2N4O5/c1-29-14(26)8-13(18(27)30-2)24-19(28)25-7-6-12-16(23-9-22-12)17(25)10-4-3-5-11(20)15(10)21/h3-5,9,13,17H,6-8H2,1-2H3,(H,22,23)(H,24,28)/t13-,17-/m0/s1. The number of carbonyl (C=O) groups excluding carboxylic acids is 3. The van der Waals surface area contributed by atoms with Gasteiger partial charge in [0.2, 0.25) is 0 Å². The van der Waals surface area contributed by atoms with E-state index < -0.39 is 30.1 Å². The molecule has 1 aromatic carbocycles. The van der Waals surface area contributed by atoms with Crippen molar-refractivity contribution in [2.45, 2.75) is 24.9 Å². The van der Waals surface area contributed by atoms with Crippen LogP contribution in [0.25, 0.3) is 0 Å². The summed E-state index contributed by atoms with van der Waals surface area (Å²) in [5.41, 5.74) is 2.09. The number of benzene rings is 1. The van der Waals surface area contributed by atoms with Gasteiger partial charge in [0, 0.05) is 24.2 Å². The number of esters is 2. The summed E-state index contributed by atoms with van der Waals surface area (Å²) in [6.45, 7) is 0.320. The van der Waals surface area contributed by atoms with Crippen LogP contribution in [0.4, 0.5) is 4.79 Å². The molecule has 9 nitrogen and oxygen atoms in total. The average molecular weight is 455 g/mol. The quantitative estimate of drug-likeness (QED) is 0.670. The Labute approximate surface area is 182 Å². The number of ether oxygens (including phenoxy) is 2. The average Bonchev–Trinajstić information content (AvgIpc) is 3.22. The van der Waals surface area contributed by atoms with Crippen LogP contribution in [0.1, 0.15) is 29.4 Å². The van der Waals surface area contributed by atoms with E-state index in [2.05, 4.69) is 20.0 Å². The number of methoxy groups -OCH3 is 2. The van der Waals surface area contributed by atoms with Crippen LogP contribution in [0.15, 0.2) is 24.5 Å². The maximum Gasteiger partial charge on any atom is 0.329 e. The van der Waals surface area contributed by atoms with Crippen molar-refractivity contribution in [2.75, 3.05) is 20.8 Å². The molecular weight excluding hydrogens is 435 g/mol. The van der Waals surface area contributed by atoms with Crippen LogP contribution in [0.3, 0.4) is 0 Å². The Morgan fingerprint density at radius 3 is 2.77 bits per heavy atom. The SMILES string of the molecule is COC(=O)C[C@H](NC(=O)N1CCc2[nH]cnc2[C@@H]1c1cccc(Cl)c1Cl)C(=O)OC. The number of hydrogen-bond acceptors (Lipinski definition) is 6. The molecular formula is C19H20Cl2N4O5.